The van der Waals surface area contributed by atoms with Gasteiger partial charge in [0.25, 0.3) is 5.56 Å². The molecule has 0 N–H and O–H groups in total. The van der Waals surface area contributed by atoms with Crippen molar-refractivity contribution >= 4 is 5.97 Å². The summed E-state index contributed by atoms with van der Waals surface area (Å²) in [7, 11) is 2.85. The second-order valence-corrected chi connectivity index (χ2v) is 5.95. The van der Waals surface area contributed by atoms with E-state index in [1.807, 2.05) is 0 Å². The summed E-state index contributed by atoms with van der Waals surface area (Å²) in [6.07, 6.45) is 6.49. The topological polar surface area (TPSA) is 88.2 Å². The molecule has 2 aromatic rings. The van der Waals surface area contributed by atoms with E-state index in [2.05, 4.69) is 10.1 Å². The maximum absolute atomic E-state index is 13.0. The van der Waals surface area contributed by atoms with Gasteiger partial charge in [0.1, 0.15) is 17.0 Å². The molecule has 0 amide bonds. The Morgan fingerprint density at radius 3 is 2.32 bits per heavy atom. The summed E-state index contributed by atoms with van der Waals surface area (Å²) in [4.78, 5) is 29.3. The number of nitrogens with zero attached hydrogens (tertiary/aromatic N) is 4. The van der Waals surface area contributed by atoms with Crippen LogP contribution < -0.4 is 10.3 Å². The summed E-state index contributed by atoms with van der Waals surface area (Å²) in [6.45, 7) is 0. The van der Waals surface area contributed by atoms with Crippen molar-refractivity contribution in [2.75, 3.05) is 14.2 Å². The number of pyridine rings is 2. The van der Waals surface area contributed by atoms with Crippen LogP contribution in [0, 0.1) is 0 Å². The van der Waals surface area contributed by atoms with Crippen LogP contribution in [0.3, 0.4) is 0 Å². The minimum absolute atomic E-state index is 0.196. The molecule has 0 fully saturated rings. The number of carbonyl (C=O) groups excluding carboxylic acids is 1. The Labute approximate surface area is 159 Å². The molecule has 28 heavy (non-hydrogen) atoms. The van der Waals surface area contributed by atoms with E-state index in [0.29, 0.717) is 17.0 Å². The summed E-state index contributed by atoms with van der Waals surface area (Å²) in [5, 5.41) is 4.38. The average molecular weight is 376 g/mol. The predicted molar refractivity (Wildman–Crippen MR) is 101 cm³/mol. The number of hydrogen-bond acceptors (Lipinski definition) is 6. The fourth-order valence-electron chi connectivity index (χ4n) is 2.93. The first kappa shape index (κ1) is 17.5. The van der Waals surface area contributed by atoms with Crippen LogP contribution in [0.2, 0.25) is 0 Å². The Bertz CT molecular complexity index is 1160. The molecule has 0 aliphatic carbocycles. The van der Waals surface area contributed by atoms with Crippen molar-refractivity contribution in [3.63, 3.8) is 0 Å². The van der Waals surface area contributed by atoms with Gasteiger partial charge in [0.15, 0.2) is 0 Å². The zero-order valence-corrected chi connectivity index (χ0v) is 15.2. The standard InChI is InChI=1S/C20H16N4O4/c1-27-15-5-3-14(4-6-15)24-19(25)16-11-23(13-7-9-21-10-8-13)12-17(18(16)22-24)20(26)28-2/h3-12H,1-2H3. The first-order chi connectivity index (χ1) is 13.6. The summed E-state index contributed by atoms with van der Waals surface area (Å²) < 4.78 is 13.0. The van der Waals surface area contributed by atoms with E-state index in [-0.39, 0.29) is 16.8 Å². The molecule has 1 aromatic carbocycles. The van der Waals surface area contributed by atoms with Crippen molar-refractivity contribution in [1.82, 2.24) is 19.3 Å². The van der Waals surface area contributed by atoms with Gasteiger partial charge in [-0.15, -0.1) is 0 Å². The Morgan fingerprint density at radius 2 is 1.68 bits per heavy atom. The number of ether oxygens (including phenoxy) is 2. The van der Waals surface area contributed by atoms with Crippen molar-refractivity contribution in [3.8, 4) is 28.4 Å². The van der Waals surface area contributed by atoms with Crippen molar-refractivity contribution in [1.29, 1.82) is 0 Å². The Balaban J connectivity index is 1.95. The van der Waals surface area contributed by atoms with E-state index in [9.17, 15) is 9.59 Å². The molecule has 0 saturated heterocycles. The fraction of sp³-hybridized carbons (Fsp3) is 0.100. The summed E-state index contributed by atoms with van der Waals surface area (Å²) in [5.74, 6) is 0.0893. The highest BCUT2D eigenvalue weighted by molar-refractivity contribution is 5.96. The van der Waals surface area contributed by atoms with E-state index >= 15 is 0 Å². The van der Waals surface area contributed by atoms with Gasteiger partial charge in [0.2, 0.25) is 0 Å². The van der Waals surface area contributed by atoms with E-state index in [0.717, 1.165) is 5.69 Å². The molecule has 2 aliphatic rings. The maximum atomic E-state index is 13.0. The van der Waals surface area contributed by atoms with Gasteiger partial charge in [-0.2, -0.15) is 9.78 Å². The molecule has 4 rings (SSSR count). The van der Waals surface area contributed by atoms with Crippen LogP contribution in [0.5, 0.6) is 5.75 Å². The van der Waals surface area contributed by atoms with Crippen LogP contribution in [-0.2, 0) is 4.74 Å². The largest absolute Gasteiger partial charge is 0.497 e. The van der Waals surface area contributed by atoms with Crippen molar-refractivity contribution in [3.05, 3.63) is 77.1 Å². The van der Waals surface area contributed by atoms with Crippen molar-refractivity contribution in [2.45, 2.75) is 0 Å². The smallest absolute Gasteiger partial charge is 0.341 e. The summed E-state index contributed by atoms with van der Waals surface area (Å²) in [6, 6.07) is 10.5. The Kier molecular flexibility index (Phi) is 4.36. The minimum Gasteiger partial charge on any atom is -0.497 e. The summed E-state index contributed by atoms with van der Waals surface area (Å²) in [5.41, 5.74) is 1.75. The molecule has 3 heterocycles. The third-order valence-electron chi connectivity index (χ3n) is 4.35. The van der Waals surface area contributed by atoms with Crippen LogP contribution in [0.15, 0.2) is 66.0 Å². The molecule has 0 spiro atoms. The Hall–Kier alpha value is -3.94. The molecule has 0 bridgehead atoms. The van der Waals surface area contributed by atoms with Gasteiger partial charge < -0.3 is 14.0 Å². The highest BCUT2D eigenvalue weighted by Crippen LogP contribution is 2.25. The zero-order chi connectivity index (χ0) is 19.7. The first-order valence-corrected chi connectivity index (χ1v) is 8.40. The third-order valence-corrected chi connectivity index (χ3v) is 4.35. The monoisotopic (exact) mass is 376 g/mol. The molecular weight excluding hydrogens is 360 g/mol. The molecule has 1 aromatic heterocycles. The lowest BCUT2D eigenvalue weighted by Gasteiger charge is -2.11. The van der Waals surface area contributed by atoms with Gasteiger partial charge in [-0.1, -0.05) is 0 Å². The lowest BCUT2D eigenvalue weighted by molar-refractivity contribution is 0.0600. The van der Waals surface area contributed by atoms with Gasteiger partial charge in [0.05, 0.1) is 25.5 Å². The number of methoxy groups -OCH3 is 2. The molecule has 2 aliphatic heterocycles. The maximum Gasteiger partial charge on any atom is 0.341 e. The second-order valence-electron chi connectivity index (χ2n) is 5.95. The SMILES string of the molecule is COC(=O)c1cn(-c2ccncc2)cc2c(=O)n(-c3ccc(OC)cc3)nc1-2. The number of esters is 1. The quantitative estimate of drug-likeness (QED) is 0.508. The molecule has 0 radical (unpaired) electrons. The zero-order valence-electron chi connectivity index (χ0n) is 15.2. The fourth-order valence-corrected chi connectivity index (χ4v) is 2.93. The minimum atomic E-state index is -0.576. The molecule has 8 heteroatoms. The van der Waals surface area contributed by atoms with Gasteiger partial charge in [-0.3, -0.25) is 9.78 Å². The lowest BCUT2D eigenvalue weighted by Crippen LogP contribution is -2.15. The van der Waals surface area contributed by atoms with E-state index in [4.69, 9.17) is 9.47 Å². The average Bonchev–Trinajstić information content (AvgIpc) is 3.09. The molecule has 140 valence electrons. The van der Waals surface area contributed by atoms with Crippen molar-refractivity contribution < 1.29 is 14.3 Å². The predicted octanol–water partition coefficient (Wildman–Crippen LogP) is 2.32. The van der Waals surface area contributed by atoms with Crippen LogP contribution in [0.4, 0.5) is 0 Å². The molecule has 0 saturated carbocycles. The number of aromatic nitrogens is 4. The second kappa shape index (κ2) is 6.99. The third kappa shape index (κ3) is 2.90. The van der Waals surface area contributed by atoms with E-state index in [1.54, 1.807) is 72.9 Å². The number of carbonyl (C=O) groups is 1. The van der Waals surface area contributed by atoms with Gasteiger partial charge in [-0.25, -0.2) is 4.79 Å². The van der Waals surface area contributed by atoms with Gasteiger partial charge >= 0.3 is 5.97 Å². The van der Waals surface area contributed by atoms with E-state index in [1.165, 1.54) is 11.8 Å². The van der Waals surface area contributed by atoms with Crippen LogP contribution in [0.25, 0.3) is 22.6 Å². The number of hydrogen-bond donors (Lipinski definition) is 0. The number of benzene rings is 1. The highest BCUT2D eigenvalue weighted by Gasteiger charge is 2.25. The Morgan fingerprint density at radius 1 is 0.964 bits per heavy atom. The lowest BCUT2D eigenvalue weighted by atomic mass is 10.1. The van der Waals surface area contributed by atoms with Crippen molar-refractivity contribution in [2.24, 2.45) is 0 Å². The van der Waals surface area contributed by atoms with Crippen LogP contribution >= 0.6 is 0 Å². The molecule has 8 nitrogen and oxygen atoms in total. The van der Waals surface area contributed by atoms with Crippen LogP contribution in [-0.4, -0.2) is 39.5 Å². The van der Waals surface area contributed by atoms with E-state index < -0.39 is 5.97 Å². The molecule has 0 atom stereocenters. The van der Waals surface area contributed by atoms with Gasteiger partial charge in [-0.05, 0) is 36.4 Å². The highest BCUT2D eigenvalue weighted by atomic mass is 16.5. The number of fused-ring (bicyclic) bond motifs is 1. The first-order valence-electron chi connectivity index (χ1n) is 8.40. The van der Waals surface area contributed by atoms with Crippen LogP contribution in [0.1, 0.15) is 10.4 Å². The number of rotatable bonds is 4. The normalized spacial score (nSPS) is 10.8. The molecular formula is C20H16N4O4. The van der Waals surface area contributed by atoms with Gasteiger partial charge in [0, 0.05) is 30.5 Å². The molecule has 0 unspecified atom stereocenters. The summed E-state index contributed by atoms with van der Waals surface area (Å²) >= 11 is 0.